The van der Waals surface area contributed by atoms with Crippen LogP contribution in [0, 0.1) is 24.7 Å². The van der Waals surface area contributed by atoms with Gasteiger partial charge in [0.15, 0.2) is 0 Å². The van der Waals surface area contributed by atoms with E-state index in [4.69, 9.17) is 0 Å². The summed E-state index contributed by atoms with van der Waals surface area (Å²) in [7, 11) is 0. The van der Waals surface area contributed by atoms with Crippen molar-refractivity contribution >= 4 is 11.3 Å². The minimum absolute atomic E-state index is 0.753. The van der Waals surface area contributed by atoms with Crippen LogP contribution in [0.5, 0.6) is 0 Å². The molecule has 3 unspecified atom stereocenters. The number of thiophene rings is 1. The molecule has 1 fully saturated rings. The van der Waals surface area contributed by atoms with Gasteiger partial charge in [-0.15, -0.1) is 11.3 Å². The van der Waals surface area contributed by atoms with E-state index in [1.807, 2.05) is 11.3 Å². The Kier molecular flexibility index (Phi) is 6.10. The number of hydrogen-bond donors (Lipinski definition) is 1. The molecule has 0 aromatic carbocycles. The molecular weight excluding hydrogens is 262 g/mol. The lowest BCUT2D eigenvalue weighted by Crippen LogP contribution is -2.33. The zero-order valence-corrected chi connectivity index (χ0v) is 14.4. The summed E-state index contributed by atoms with van der Waals surface area (Å²) in [5.74, 6) is 3.33. The summed E-state index contributed by atoms with van der Waals surface area (Å²) < 4.78 is 0. The Morgan fingerprint density at radius 3 is 2.75 bits per heavy atom. The second kappa shape index (κ2) is 7.61. The highest BCUT2D eigenvalue weighted by molar-refractivity contribution is 7.10. The van der Waals surface area contributed by atoms with Gasteiger partial charge in [0.05, 0.1) is 0 Å². The fourth-order valence-corrected chi connectivity index (χ4v) is 4.43. The third-order valence-electron chi connectivity index (χ3n) is 4.94. The topological polar surface area (TPSA) is 12.0 Å². The van der Waals surface area contributed by atoms with Crippen LogP contribution in [-0.4, -0.2) is 13.1 Å². The molecule has 0 aliphatic heterocycles. The maximum absolute atomic E-state index is 3.70. The van der Waals surface area contributed by atoms with Crippen LogP contribution in [0.4, 0.5) is 0 Å². The van der Waals surface area contributed by atoms with Gasteiger partial charge in [0.1, 0.15) is 0 Å². The highest BCUT2D eigenvalue weighted by Crippen LogP contribution is 2.43. The molecular formula is C18H31NS. The van der Waals surface area contributed by atoms with Gasteiger partial charge in [0, 0.05) is 4.88 Å². The predicted molar refractivity (Wildman–Crippen MR) is 90.6 cm³/mol. The van der Waals surface area contributed by atoms with Gasteiger partial charge in [-0.3, -0.25) is 0 Å². The van der Waals surface area contributed by atoms with Crippen molar-refractivity contribution in [2.75, 3.05) is 13.1 Å². The number of nitrogens with one attached hydrogen (secondary N) is 1. The highest BCUT2D eigenvalue weighted by atomic mass is 32.1. The quantitative estimate of drug-likeness (QED) is 0.759. The molecule has 1 N–H and O–H groups in total. The predicted octanol–water partition coefficient (Wildman–Crippen LogP) is 5.21. The average Bonchev–Trinajstić information content (AvgIpc) is 2.85. The van der Waals surface area contributed by atoms with Gasteiger partial charge in [-0.2, -0.15) is 0 Å². The van der Waals surface area contributed by atoms with Crippen LogP contribution in [0.1, 0.15) is 62.8 Å². The second-order valence-corrected chi connectivity index (χ2v) is 8.06. The number of hydrogen-bond acceptors (Lipinski definition) is 2. The molecule has 1 aromatic heterocycles. The van der Waals surface area contributed by atoms with Crippen LogP contribution >= 0.6 is 11.3 Å². The molecule has 0 spiro atoms. The van der Waals surface area contributed by atoms with E-state index in [0.717, 1.165) is 30.2 Å². The zero-order valence-electron chi connectivity index (χ0n) is 13.6. The third-order valence-corrected chi connectivity index (χ3v) is 5.80. The van der Waals surface area contributed by atoms with Crippen molar-refractivity contribution in [3.05, 3.63) is 21.9 Å². The molecule has 0 radical (unpaired) electrons. The van der Waals surface area contributed by atoms with Crippen molar-refractivity contribution in [2.24, 2.45) is 17.8 Å². The molecule has 1 aliphatic carbocycles. The van der Waals surface area contributed by atoms with Crippen molar-refractivity contribution in [1.82, 2.24) is 5.32 Å². The molecule has 1 saturated carbocycles. The summed E-state index contributed by atoms with van der Waals surface area (Å²) in [4.78, 5) is 1.54. The largest absolute Gasteiger partial charge is 0.316 e. The fraction of sp³-hybridized carbons (Fsp3) is 0.778. The summed E-state index contributed by atoms with van der Waals surface area (Å²) in [6.45, 7) is 11.6. The molecule has 0 bridgehead atoms. The Morgan fingerprint density at radius 2 is 2.15 bits per heavy atom. The van der Waals surface area contributed by atoms with E-state index in [2.05, 4.69) is 44.5 Å². The average molecular weight is 294 g/mol. The first-order valence-corrected chi connectivity index (χ1v) is 9.24. The van der Waals surface area contributed by atoms with Gasteiger partial charge in [-0.25, -0.2) is 0 Å². The Hall–Kier alpha value is -0.340. The van der Waals surface area contributed by atoms with Crippen molar-refractivity contribution in [3.8, 4) is 0 Å². The summed E-state index contributed by atoms with van der Waals surface area (Å²) in [5.41, 5.74) is 1.64. The van der Waals surface area contributed by atoms with Crippen molar-refractivity contribution in [1.29, 1.82) is 0 Å². The molecule has 1 nitrogen and oxygen atoms in total. The first-order valence-electron chi connectivity index (χ1n) is 8.36. The standard InChI is InChI=1S/C18H31NS/c1-5-15-6-7-16(12-19-11-13(2)3)18(10-15)17-8-9-20-14(17)4/h8-9,13,15-16,18-19H,5-7,10-12H2,1-4H3. The van der Waals surface area contributed by atoms with Crippen LogP contribution in [0.3, 0.4) is 0 Å². The maximum atomic E-state index is 3.70. The van der Waals surface area contributed by atoms with E-state index in [9.17, 15) is 0 Å². The smallest absolute Gasteiger partial charge is 0.00491 e. The van der Waals surface area contributed by atoms with Gasteiger partial charge in [-0.05, 0) is 73.5 Å². The van der Waals surface area contributed by atoms with Gasteiger partial charge >= 0.3 is 0 Å². The summed E-state index contributed by atoms with van der Waals surface area (Å²) >= 11 is 1.92. The Labute approximate surface area is 129 Å². The Bertz CT molecular complexity index is 396. The van der Waals surface area contributed by atoms with E-state index in [0.29, 0.717) is 0 Å². The van der Waals surface area contributed by atoms with Crippen LogP contribution in [-0.2, 0) is 0 Å². The summed E-state index contributed by atoms with van der Waals surface area (Å²) in [6.07, 6.45) is 5.60. The van der Waals surface area contributed by atoms with Crippen LogP contribution in [0.15, 0.2) is 11.4 Å². The Balaban J connectivity index is 2.02. The molecule has 20 heavy (non-hydrogen) atoms. The third kappa shape index (κ3) is 4.08. The molecule has 1 aliphatic rings. The zero-order chi connectivity index (χ0) is 14.5. The first kappa shape index (κ1) is 16.0. The van der Waals surface area contributed by atoms with Gasteiger partial charge < -0.3 is 5.32 Å². The van der Waals surface area contributed by atoms with Crippen LogP contribution < -0.4 is 5.32 Å². The lowest BCUT2D eigenvalue weighted by atomic mass is 9.70. The van der Waals surface area contributed by atoms with Gasteiger partial charge in [0.2, 0.25) is 0 Å². The van der Waals surface area contributed by atoms with Crippen molar-refractivity contribution in [2.45, 2.75) is 59.3 Å². The fourth-order valence-electron chi connectivity index (χ4n) is 3.65. The molecule has 1 aromatic rings. The summed E-state index contributed by atoms with van der Waals surface area (Å²) in [6, 6.07) is 2.39. The molecule has 2 rings (SSSR count). The van der Waals surface area contributed by atoms with Crippen LogP contribution in [0.25, 0.3) is 0 Å². The normalized spacial score (nSPS) is 27.1. The van der Waals surface area contributed by atoms with Crippen LogP contribution in [0.2, 0.25) is 0 Å². The first-order chi connectivity index (χ1) is 9.61. The van der Waals surface area contributed by atoms with E-state index < -0.39 is 0 Å². The SMILES string of the molecule is CCC1CCC(CNCC(C)C)C(c2ccsc2C)C1. The van der Waals surface area contributed by atoms with Crippen molar-refractivity contribution < 1.29 is 0 Å². The second-order valence-electron chi connectivity index (χ2n) is 6.94. The van der Waals surface area contributed by atoms with E-state index in [-0.39, 0.29) is 0 Å². The number of rotatable bonds is 6. The minimum atomic E-state index is 0.753. The minimum Gasteiger partial charge on any atom is -0.316 e. The van der Waals surface area contributed by atoms with Gasteiger partial charge in [0.25, 0.3) is 0 Å². The van der Waals surface area contributed by atoms with Crippen molar-refractivity contribution in [3.63, 3.8) is 0 Å². The maximum Gasteiger partial charge on any atom is 0.00491 e. The Morgan fingerprint density at radius 1 is 1.35 bits per heavy atom. The van der Waals surface area contributed by atoms with E-state index in [1.165, 1.54) is 32.2 Å². The molecule has 3 atom stereocenters. The summed E-state index contributed by atoms with van der Waals surface area (Å²) in [5, 5.41) is 5.98. The molecule has 0 saturated heterocycles. The molecule has 114 valence electrons. The highest BCUT2D eigenvalue weighted by Gasteiger charge is 2.31. The number of aryl methyl sites for hydroxylation is 1. The molecule has 0 amide bonds. The van der Waals surface area contributed by atoms with E-state index >= 15 is 0 Å². The lowest BCUT2D eigenvalue weighted by molar-refractivity contribution is 0.224. The molecule has 2 heteroatoms. The monoisotopic (exact) mass is 293 g/mol. The lowest BCUT2D eigenvalue weighted by Gasteiger charge is -2.36. The molecule has 1 heterocycles. The van der Waals surface area contributed by atoms with Gasteiger partial charge in [-0.1, -0.05) is 33.6 Å². The van der Waals surface area contributed by atoms with E-state index in [1.54, 1.807) is 10.4 Å².